The lowest BCUT2D eigenvalue weighted by atomic mass is 9.86. The minimum atomic E-state index is -0.359. The second-order valence-electron chi connectivity index (χ2n) is 7.66. The van der Waals surface area contributed by atoms with E-state index in [4.69, 9.17) is 11.6 Å². The molecule has 0 radical (unpaired) electrons. The number of hydrogen-bond donors (Lipinski definition) is 1. The smallest absolute Gasteiger partial charge is 0.229 e. The fourth-order valence-electron chi connectivity index (χ4n) is 3.87. The van der Waals surface area contributed by atoms with Crippen LogP contribution in [-0.4, -0.2) is 11.8 Å². The van der Waals surface area contributed by atoms with Gasteiger partial charge >= 0.3 is 0 Å². The number of anilines is 2. The van der Waals surface area contributed by atoms with Gasteiger partial charge in [-0.25, -0.2) is 0 Å². The van der Waals surface area contributed by atoms with Gasteiger partial charge in [-0.3, -0.25) is 9.59 Å². The Kier molecular flexibility index (Phi) is 5.93. The number of carbonyl (C=O) groups excluding carboxylic acids is 2. The number of hydrogen-bond acceptors (Lipinski definition) is 3. The van der Waals surface area contributed by atoms with Crippen LogP contribution in [0.15, 0.2) is 60.0 Å². The molecule has 1 aliphatic heterocycles. The Labute approximate surface area is 185 Å². The van der Waals surface area contributed by atoms with Crippen LogP contribution in [-0.2, 0) is 9.59 Å². The third-order valence-electron chi connectivity index (χ3n) is 5.52. The highest BCUT2D eigenvalue weighted by atomic mass is 35.5. The Hall–Kier alpha value is -2.63. The predicted molar refractivity (Wildman–Crippen MR) is 123 cm³/mol. The normalized spacial score (nSPS) is 19.0. The van der Waals surface area contributed by atoms with Crippen molar-refractivity contribution in [3.05, 3.63) is 81.0 Å². The highest BCUT2D eigenvalue weighted by molar-refractivity contribution is 7.10. The van der Waals surface area contributed by atoms with E-state index in [1.54, 1.807) is 22.3 Å². The van der Waals surface area contributed by atoms with Gasteiger partial charge in [0.1, 0.15) is 0 Å². The predicted octanol–water partition coefficient (Wildman–Crippen LogP) is 6.14. The average molecular weight is 439 g/mol. The molecular formula is C24H23ClN2O2S. The van der Waals surface area contributed by atoms with Gasteiger partial charge in [0.2, 0.25) is 11.8 Å². The second kappa shape index (κ2) is 8.62. The molecule has 4 nitrogen and oxygen atoms in total. The molecule has 0 aliphatic carbocycles. The minimum Gasteiger partial charge on any atom is -0.326 e. The number of thiophene rings is 1. The van der Waals surface area contributed by atoms with Gasteiger partial charge in [-0.1, -0.05) is 41.4 Å². The van der Waals surface area contributed by atoms with Crippen molar-refractivity contribution < 1.29 is 9.59 Å². The van der Waals surface area contributed by atoms with Crippen molar-refractivity contribution in [2.45, 2.75) is 32.7 Å². The van der Waals surface area contributed by atoms with E-state index in [1.165, 1.54) is 0 Å². The van der Waals surface area contributed by atoms with Crippen LogP contribution >= 0.6 is 22.9 Å². The summed E-state index contributed by atoms with van der Waals surface area (Å²) in [5.41, 5.74) is 3.57. The molecule has 3 aromatic rings. The van der Waals surface area contributed by atoms with Gasteiger partial charge in [-0.05, 0) is 61.5 Å². The van der Waals surface area contributed by atoms with Gasteiger partial charge in [0.25, 0.3) is 0 Å². The number of piperidine rings is 1. The zero-order chi connectivity index (χ0) is 21.3. The first-order valence-corrected chi connectivity index (χ1v) is 11.2. The summed E-state index contributed by atoms with van der Waals surface area (Å²) in [6.45, 7) is 3.94. The van der Waals surface area contributed by atoms with E-state index in [9.17, 15) is 9.59 Å². The summed E-state index contributed by atoms with van der Waals surface area (Å²) in [5, 5.41) is 5.61. The van der Waals surface area contributed by atoms with Crippen LogP contribution in [0.5, 0.6) is 0 Å². The standard InChI is InChI=1S/C24H23ClN2O2S/c1-15-5-9-18(10-6-15)27-22(28)12-11-19(23(27)21-4-3-13-30-21)24(29)26-17-8-7-16(2)20(25)14-17/h3-10,13-14,19,23H,11-12H2,1-2H3,(H,26,29)/t19-,23+/m0/s1. The molecule has 2 aromatic carbocycles. The molecule has 154 valence electrons. The maximum absolute atomic E-state index is 13.3. The first kappa shape index (κ1) is 20.6. The summed E-state index contributed by atoms with van der Waals surface area (Å²) in [5.74, 6) is -0.416. The molecule has 2 atom stereocenters. The van der Waals surface area contributed by atoms with E-state index in [0.29, 0.717) is 23.6 Å². The zero-order valence-corrected chi connectivity index (χ0v) is 18.5. The Morgan fingerprint density at radius 3 is 2.57 bits per heavy atom. The van der Waals surface area contributed by atoms with Crippen molar-refractivity contribution in [1.29, 1.82) is 0 Å². The summed E-state index contributed by atoms with van der Waals surface area (Å²) in [6, 6.07) is 17.0. The SMILES string of the molecule is Cc1ccc(N2C(=O)CC[C@H](C(=O)Nc3ccc(C)c(Cl)c3)[C@@H]2c2cccs2)cc1. The maximum Gasteiger partial charge on any atom is 0.229 e. The molecule has 30 heavy (non-hydrogen) atoms. The average Bonchev–Trinajstić information content (AvgIpc) is 3.26. The molecule has 0 spiro atoms. The number of aryl methyl sites for hydroxylation is 2. The van der Waals surface area contributed by atoms with E-state index >= 15 is 0 Å². The highest BCUT2D eigenvalue weighted by Crippen LogP contribution is 2.42. The molecule has 2 amide bonds. The van der Waals surface area contributed by atoms with Gasteiger partial charge in [0, 0.05) is 27.7 Å². The third-order valence-corrected chi connectivity index (χ3v) is 6.87. The molecule has 1 aromatic heterocycles. The molecule has 1 aliphatic rings. The van der Waals surface area contributed by atoms with E-state index in [1.807, 2.05) is 67.8 Å². The number of nitrogens with zero attached hydrogens (tertiary/aromatic N) is 1. The van der Waals surface area contributed by atoms with Crippen molar-refractivity contribution in [3.8, 4) is 0 Å². The largest absolute Gasteiger partial charge is 0.326 e. The van der Waals surface area contributed by atoms with Crippen molar-refractivity contribution >= 4 is 46.1 Å². The topological polar surface area (TPSA) is 49.4 Å². The van der Waals surface area contributed by atoms with Gasteiger partial charge in [-0.15, -0.1) is 11.3 Å². The molecule has 1 fully saturated rings. The minimum absolute atomic E-state index is 0.0414. The summed E-state index contributed by atoms with van der Waals surface area (Å²) in [4.78, 5) is 29.1. The van der Waals surface area contributed by atoms with Crippen LogP contribution in [0.3, 0.4) is 0 Å². The summed E-state index contributed by atoms with van der Waals surface area (Å²) in [6.07, 6.45) is 0.845. The summed E-state index contributed by atoms with van der Waals surface area (Å²) < 4.78 is 0. The maximum atomic E-state index is 13.3. The van der Waals surface area contributed by atoms with Gasteiger partial charge in [0.05, 0.1) is 12.0 Å². The Balaban J connectivity index is 1.68. The molecule has 1 N–H and O–H groups in total. The molecule has 4 rings (SSSR count). The van der Waals surface area contributed by atoms with Crippen LogP contribution in [0.2, 0.25) is 5.02 Å². The quantitative estimate of drug-likeness (QED) is 0.531. The van der Waals surface area contributed by atoms with E-state index in [0.717, 1.165) is 21.7 Å². The van der Waals surface area contributed by atoms with Crippen molar-refractivity contribution in [3.63, 3.8) is 0 Å². The lowest BCUT2D eigenvalue weighted by molar-refractivity contribution is -0.125. The number of halogens is 1. The van der Waals surface area contributed by atoms with Crippen LogP contribution in [0.25, 0.3) is 0 Å². The molecule has 1 saturated heterocycles. The summed E-state index contributed by atoms with van der Waals surface area (Å²) in [7, 11) is 0. The fraction of sp³-hybridized carbons (Fsp3) is 0.250. The van der Waals surface area contributed by atoms with E-state index in [2.05, 4.69) is 5.32 Å². The van der Waals surface area contributed by atoms with Gasteiger partial charge < -0.3 is 10.2 Å². The molecule has 6 heteroatoms. The molecular weight excluding hydrogens is 416 g/mol. The van der Waals surface area contributed by atoms with Crippen molar-refractivity contribution in [2.24, 2.45) is 5.92 Å². The fourth-order valence-corrected chi connectivity index (χ4v) is 4.93. The number of nitrogens with one attached hydrogen (secondary N) is 1. The first-order valence-electron chi connectivity index (χ1n) is 9.93. The number of amides is 2. The lowest BCUT2D eigenvalue weighted by Gasteiger charge is -2.40. The summed E-state index contributed by atoms with van der Waals surface area (Å²) >= 11 is 7.80. The van der Waals surface area contributed by atoms with Crippen molar-refractivity contribution in [2.75, 3.05) is 10.2 Å². The molecule has 2 heterocycles. The van der Waals surface area contributed by atoms with Gasteiger partial charge in [-0.2, -0.15) is 0 Å². The van der Waals surface area contributed by atoms with Gasteiger partial charge in [0.15, 0.2) is 0 Å². The Morgan fingerprint density at radius 2 is 1.90 bits per heavy atom. The number of carbonyl (C=O) groups is 2. The van der Waals surface area contributed by atoms with Crippen molar-refractivity contribution in [1.82, 2.24) is 0 Å². The molecule has 0 saturated carbocycles. The molecule has 0 unspecified atom stereocenters. The monoisotopic (exact) mass is 438 g/mol. The number of rotatable bonds is 4. The van der Waals surface area contributed by atoms with E-state index in [-0.39, 0.29) is 23.8 Å². The zero-order valence-electron chi connectivity index (χ0n) is 16.9. The Morgan fingerprint density at radius 1 is 1.13 bits per heavy atom. The number of benzene rings is 2. The van der Waals surface area contributed by atoms with Crippen LogP contribution in [0.4, 0.5) is 11.4 Å². The Bertz CT molecular complexity index is 1060. The first-order chi connectivity index (χ1) is 14.4. The van der Waals surface area contributed by atoms with Crippen LogP contribution < -0.4 is 10.2 Å². The van der Waals surface area contributed by atoms with Crippen LogP contribution in [0, 0.1) is 19.8 Å². The van der Waals surface area contributed by atoms with Crippen LogP contribution in [0.1, 0.15) is 34.9 Å². The molecule has 0 bridgehead atoms. The lowest BCUT2D eigenvalue weighted by Crippen LogP contribution is -2.46. The third kappa shape index (κ3) is 4.13. The van der Waals surface area contributed by atoms with E-state index < -0.39 is 0 Å². The highest BCUT2D eigenvalue weighted by Gasteiger charge is 2.42. The second-order valence-corrected chi connectivity index (χ2v) is 9.04.